The van der Waals surface area contributed by atoms with Crippen molar-refractivity contribution in [3.8, 4) is 0 Å². The smallest absolute Gasteiger partial charge is 0.223 e. The molecule has 3 N–H and O–H groups in total. The number of nitrogens with zero attached hydrogens (tertiary/aromatic N) is 2. The number of H-pyrrole nitrogens is 1. The van der Waals surface area contributed by atoms with Crippen molar-refractivity contribution in [2.75, 3.05) is 12.3 Å². The van der Waals surface area contributed by atoms with Gasteiger partial charge in [0.05, 0.1) is 17.5 Å². The van der Waals surface area contributed by atoms with E-state index in [2.05, 4.69) is 10.2 Å². The maximum Gasteiger partial charge on any atom is 0.223 e. The Morgan fingerprint density at radius 2 is 2.24 bits per heavy atom. The minimum absolute atomic E-state index is 0.0378. The highest BCUT2D eigenvalue weighted by Crippen LogP contribution is 2.24. The fourth-order valence-electron chi connectivity index (χ4n) is 2.82. The molecule has 7 nitrogen and oxygen atoms in total. The van der Waals surface area contributed by atoms with E-state index in [4.69, 9.17) is 5.14 Å². The van der Waals surface area contributed by atoms with E-state index in [9.17, 15) is 13.2 Å². The van der Waals surface area contributed by atoms with Gasteiger partial charge in [0.15, 0.2) is 0 Å². The lowest BCUT2D eigenvalue weighted by Crippen LogP contribution is -2.27. The lowest BCUT2D eigenvalue weighted by Gasteiger charge is -2.17. The largest absolute Gasteiger partial charge is 0.338 e. The summed E-state index contributed by atoms with van der Waals surface area (Å²) in [5.74, 6) is -0.411. The predicted molar refractivity (Wildman–Crippen MR) is 77.6 cm³/mol. The third kappa shape index (κ3) is 3.06. The van der Waals surface area contributed by atoms with Crippen LogP contribution in [0.25, 0.3) is 10.9 Å². The molecule has 1 unspecified atom stereocenters. The molecule has 1 fully saturated rings. The van der Waals surface area contributed by atoms with Crippen LogP contribution in [0.1, 0.15) is 12.0 Å². The highest BCUT2D eigenvalue weighted by molar-refractivity contribution is 7.89. The topological polar surface area (TPSA) is 109 Å². The van der Waals surface area contributed by atoms with Gasteiger partial charge < -0.3 is 4.90 Å². The molecule has 1 aliphatic rings. The second-order valence-electron chi connectivity index (χ2n) is 5.42. The molecule has 1 amide bonds. The third-order valence-corrected chi connectivity index (χ3v) is 4.63. The number of primary sulfonamides is 1. The number of hydrogen-bond acceptors (Lipinski definition) is 4. The summed E-state index contributed by atoms with van der Waals surface area (Å²) >= 11 is 0. The molecule has 1 aromatic carbocycles. The normalized spacial score (nSPS) is 19.6. The Morgan fingerprint density at radius 1 is 1.43 bits per heavy atom. The lowest BCUT2D eigenvalue weighted by molar-refractivity contribution is -0.128. The van der Waals surface area contributed by atoms with E-state index in [1.165, 1.54) is 0 Å². The molecular formula is C13H16N4O3S. The van der Waals surface area contributed by atoms with Gasteiger partial charge in [0, 0.05) is 30.8 Å². The Kier molecular flexibility index (Phi) is 3.42. The van der Waals surface area contributed by atoms with Crippen LogP contribution in [0, 0.1) is 5.92 Å². The van der Waals surface area contributed by atoms with E-state index in [1.54, 1.807) is 11.1 Å². The molecule has 21 heavy (non-hydrogen) atoms. The first-order chi connectivity index (χ1) is 9.92. The van der Waals surface area contributed by atoms with Gasteiger partial charge in [0.25, 0.3) is 0 Å². The SMILES string of the molecule is NS(=O)(=O)CC1CC(=O)N(Cc2cccc3[nH]ncc23)C1. The Bertz CT molecular complexity index is 784. The average molecular weight is 308 g/mol. The van der Waals surface area contributed by atoms with Gasteiger partial charge in [-0.3, -0.25) is 9.89 Å². The number of carbonyl (C=O) groups excluding carboxylic acids is 1. The molecule has 1 atom stereocenters. The van der Waals surface area contributed by atoms with Gasteiger partial charge in [-0.15, -0.1) is 0 Å². The number of aromatic nitrogens is 2. The quantitative estimate of drug-likeness (QED) is 0.840. The zero-order chi connectivity index (χ0) is 15.0. The van der Waals surface area contributed by atoms with Crippen molar-refractivity contribution in [3.05, 3.63) is 30.0 Å². The van der Waals surface area contributed by atoms with E-state index >= 15 is 0 Å². The van der Waals surface area contributed by atoms with Crippen molar-refractivity contribution >= 4 is 26.8 Å². The summed E-state index contributed by atoms with van der Waals surface area (Å²) in [6, 6.07) is 5.76. The molecule has 0 radical (unpaired) electrons. The van der Waals surface area contributed by atoms with Crippen molar-refractivity contribution in [2.24, 2.45) is 11.1 Å². The molecule has 0 saturated carbocycles. The van der Waals surface area contributed by atoms with Crippen LogP contribution in [-0.2, 0) is 21.4 Å². The van der Waals surface area contributed by atoms with Gasteiger partial charge in [-0.2, -0.15) is 5.10 Å². The van der Waals surface area contributed by atoms with Gasteiger partial charge in [-0.25, -0.2) is 13.6 Å². The molecular weight excluding hydrogens is 292 g/mol. The first kappa shape index (κ1) is 14.0. The standard InChI is InChI=1S/C13H16N4O3S/c14-21(19,20)8-9-4-13(18)17(6-9)7-10-2-1-3-12-11(10)5-15-16-12/h1-3,5,9H,4,6-8H2,(H,15,16)(H2,14,19,20). The van der Waals surface area contributed by atoms with Crippen LogP contribution in [0.15, 0.2) is 24.4 Å². The van der Waals surface area contributed by atoms with E-state index in [0.29, 0.717) is 13.1 Å². The number of aromatic amines is 1. The van der Waals surface area contributed by atoms with Crippen molar-refractivity contribution in [2.45, 2.75) is 13.0 Å². The zero-order valence-electron chi connectivity index (χ0n) is 11.3. The fourth-order valence-corrected chi connectivity index (χ4v) is 3.70. The maximum atomic E-state index is 12.0. The number of carbonyl (C=O) groups is 1. The van der Waals surface area contributed by atoms with Crippen molar-refractivity contribution in [1.29, 1.82) is 0 Å². The second-order valence-corrected chi connectivity index (χ2v) is 7.08. The van der Waals surface area contributed by atoms with Crippen LogP contribution in [0.2, 0.25) is 0 Å². The molecule has 2 aromatic rings. The highest BCUT2D eigenvalue weighted by atomic mass is 32.2. The van der Waals surface area contributed by atoms with Crippen LogP contribution in [0.4, 0.5) is 0 Å². The third-order valence-electron chi connectivity index (χ3n) is 3.70. The van der Waals surface area contributed by atoms with Crippen LogP contribution in [-0.4, -0.2) is 41.7 Å². The van der Waals surface area contributed by atoms with E-state index in [-0.39, 0.29) is 24.0 Å². The van der Waals surface area contributed by atoms with Crippen LogP contribution in [0.5, 0.6) is 0 Å². The summed E-state index contributed by atoms with van der Waals surface area (Å²) in [5.41, 5.74) is 1.91. The van der Waals surface area contributed by atoms with Gasteiger partial charge >= 0.3 is 0 Å². The van der Waals surface area contributed by atoms with Gasteiger partial charge in [-0.05, 0) is 11.6 Å². The van der Waals surface area contributed by atoms with Gasteiger partial charge in [0.1, 0.15) is 0 Å². The number of nitrogens with one attached hydrogen (secondary N) is 1. The number of likely N-dealkylation sites (tertiary alicyclic amines) is 1. The Hall–Kier alpha value is -1.93. The van der Waals surface area contributed by atoms with E-state index in [0.717, 1.165) is 16.5 Å². The first-order valence-electron chi connectivity index (χ1n) is 6.61. The van der Waals surface area contributed by atoms with Crippen molar-refractivity contribution < 1.29 is 13.2 Å². The monoisotopic (exact) mass is 308 g/mol. The molecule has 1 aliphatic heterocycles. The maximum absolute atomic E-state index is 12.0. The van der Waals surface area contributed by atoms with Gasteiger partial charge in [-0.1, -0.05) is 12.1 Å². The number of nitrogens with two attached hydrogens (primary N) is 1. The minimum atomic E-state index is -3.55. The summed E-state index contributed by atoms with van der Waals surface area (Å²) < 4.78 is 22.3. The minimum Gasteiger partial charge on any atom is -0.338 e. The lowest BCUT2D eigenvalue weighted by atomic mass is 10.1. The molecule has 0 bridgehead atoms. The summed E-state index contributed by atoms with van der Waals surface area (Å²) in [4.78, 5) is 13.7. The summed E-state index contributed by atoms with van der Waals surface area (Å²) in [6.45, 7) is 0.875. The fraction of sp³-hybridized carbons (Fsp3) is 0.385. The van der Waals surface area contributed by atoms with Crippen molar-refractivity contribution in [3.63, 3.8) is 0 Å². The van der Waals surface area contributed by atoms with Crippen LogP contribution in [0.3, 0.4) is 0 Å². The number of rotatable bonds is 4. The second kappa shape index (κ2) is 5.12. The number of benzene rings is 1. The van der Waals surface area contributed by atoms with Gasteiger partial charge in [0.2, 0.25) is 15.9 Å². The Balaban J connectivity index is 1.76. The van der Waals surface area contributed by atoms with Crippen molar-refractivity contribution in [1.82, 2.24) is 15.1 Å². The number of amides is 1. The summed E-state index contributed by atoms with van der Waals surface area (Å²) in [6.07, 6.45) is 1.96. The number of hydrogen-bond donors (Lipinski definition) is 2. The molecule has 0 spiro atoms. The number of sulfonamides is 1. The van der Waals surface area contributed by atoms with Crippen LogP contribution < -0.4 is 5.14 Å². The first-order valence-corrected chi connectivity index (χ1v) is 8.33. The molecule has 1 aromatic heterocycles. The zero-order valence-corrected chi connectivity index (χ0v) is 12.1. The predicted octanol–water partition coefficient (Wildman–Crippen LogP) is 0.200. The molecule has 0 aliphatic carbocycles. The molecule has 2 heterocycles. The number of fused-ring (bicyclic) bond motifs is 1. The van der Waals surface area contributed by atoms with E-state index in [1.807, 2.05) is 18.2 Å². The summed E-state index contributed by atoms with van der Waals surface area (Å²) in [5, 5.41) is 12.9. The molecule has 112 valence electrons. The van der Waals surface area contributed by atoms with Crippen LogP contribution >= 0.6 is 0 Å². The summed E-state index contributed by atoms with van der Waals surface area (Å²) in [7, 11) is -3.55. The Labute approximate surface area is 122 Å². The van der Waals surface area contributed by atoms with E-state index < -0.39 is 10.0 Å². The average Bonchev–Trinajstić information content (AvgIpc) is 2.95. The molecule has 8 heteroatoms. The molecule has 3 rings (SSSR count). The highest BCUT2D eigenvalue weighted by Gasteiger charge is 2.32. The Morgan fingerprint density at radius 3 is 3.00 bits per heavy atom. The molecule has 1 saturated heterocycles.